The molecule has 2 atom stereocenters. The smallest absolute Gasteiger partial charge is 0.227 e. The van der Waals surface area contributed by atoms with Gasteiger partial charge in [-0.1, -0.05) is 5.16 Å². The van der Waals surface area contributed by atoms with E-state index in [1.807, 2.05) is 6.07 Å². The van der Waals surface area contributed by atoms with E-state index in [1.54, 1.807) is 23.4 Å². The van der Waals surface area contributed by atoms with Gasteiger partial charge in [0.25, 0.3) is 0 Å². The Labute approximate surface area is 150 Å². The highest BCUT2D eigenvalue weighted by molar-refractivity contribution is 7.91. The number of carbonyl (C=O) groups excluding carboxylic acids is 1. The molecule has 2 saturated heterocycles. The van der Waals surface area contributed by atoms with Crippen molar-refractivity contribution < 1.29 is 17.7 Å². The van der Waals surface area contributed by atoms with E-state index in [0.29, 0.717) is 31.2 Å². The summed E-state index contributed by atoms with van der Waals surface area (Å²) in [6.45, 7) is 1.12. The second-order valence-electron chi connectivity index (χ2n) is 6.55. The minimum Gasteiger partial charge on any atom is -0.339 e. The van der Waals surface area contributed by atoms with Crippen LogP contribution in [0.5, 0.6) is 0 Å². The van der Waals surface area contributed by atoms with Gasteiger partial charge < -0.3 is 14.7 Å². The number of nitrogens with zero attached hydrogens (tertiary/aromatic N) is 4. The molecule has 138 valence electrons. The molecule has 4 heterocycles. The lowest BCUT2D eigenvalue weighted by Crippen LogP contribution is -2.59. The van der Waals surface area contributed by atoms with Gasteiger partial charge in [0.05, 0.1) is 17.5 Å². The van der Waals surface area contributed by atoms with Gasteiger partial charge >= 0.3 is 0 Å². The number of rotatable bonds is 4. The van der Waals surface area contributed by atoms with Crippen LogP contribution in [0.4, 0.5) is 0 Å². The topological polar surface area (TPSA) is 118 Å². The molecule has 0 spiro atoms. The standard InChI is InChI=1S/C16H19N5O4S/c22-15(21-7-6-18-12-9-26(23,24)10-13(12)21)4-3-14-19-16(20-25-14)11-2-1-5-17-8-11/h1-2,5,8,12-13,18H,3-4,6-7,9-10H2/t12-,13+/m1/s1. The predicted octanol–water partition coefficient (Wildman–Crippen LogP) is -0.338. The fourth-order valence-electron chi connectivity index (χ4n) is 3.50. The third-order valence-corrected chi connectivity index (χ3v) is 6.46. The highest BCUT2D eigenvalue weighted by atomic mass is 32.2. The maximum absolute atomic E-state index is 12.6. The summed E-state index contributed by atoms with van der Waals surface area (Å²) in [5.41, 5.74) is 0.745. The van der Waals surface area contributed by atoms with E-state index < -0.39 is 9.84 Å². The number of carbonyl (C=O) groups is 1. The lowest BCUT2D eigenvalue weighted by atomic mass is 10.1. The van der Waals surface area contributed by atoms with Crippen molar-refractivity contribution in [1.29, 1.82) is 0 Å². The average Bonchev–Trinajstić information content (AvgIpc) is 3.22. The molecular weight excluding hydrogens is 358 g/mol. The van der Waals surface area contributed by atoms with Crippen molar-refractivity contribution in [3.05, 3.63) is 30.4 Å². The fraction of sp³-hybridized carbons (Fsp3) is 0.500. The molecule has 1 amide bonds. The van der Waals surface area contributed by atoms with Gasteiger partial charge in [-0.05, 0) is 12.1 Å². The summed E-state index contributed by atoms with van der Waals surface area (Å²) in [7, 11) is -3.09. The second kappa shape index (κ2) is 6.76. The summed E-state index contributed by atoms with van der Waals surface area (Å²) >= 11 is 0. The van der Waals surface area contributed by atoms with Gasteiger partial charge in [-0.3, -0.25) is 9.78 Å². The van der Waals surface area contributed by atoms with Crippen LogP contribution in [0, 0.1) is 0 Å². The van der Waals surface area contributed by atoms with Crippen LogP contribution < -0.4 is 5.32 Å². The highest BCUT2D eigenvalue weighted by Gasteiger charge is 2.44. The van der Waals surface area contributed by atoms with Gasteiger partial charge in [0, 0.05) is 49.9 Å². The summed E-state index contributed by atoms with van der Waals surface area (Å²) < 4.78 is 28.9. The van der Waals surface area contributed by atoms with Crippen LogP contribution in [0.1, 0.15) is 12.3 Å². The second-order valence-corrected chi connectivity index (χ2v) is 8.70. The zero-order valence-electron chi connectivity index (χ0n) is 14.0. The van der Waals surface area contributed by atoms with Gasteiger partial charge in [-0.2, -0.15) is 4.98 Å². The Morgan fingerprint density at radius 1 is 1.38 bits per heavy atom. The average molecular weight is 377 g/mol. The molecule has 4 rings (SSSR count). The van der Waals surface area contributed by atoms with E-state index in [-0.39, 0.29) is 35.9 Å². The molecular formula is C16H19N5O4S. The minimum absolute atomic E-state index is 0.0299. The number of hydrogen-bond donors (Lipinski definition) is 1. The number of aromatic nitrogens is 3. The molecule has 9 nitrogen and oxygen atoms in total. The van der Waals surface area contributed by atoms with Crippen molar-refractivity contribution in [2.45, 2.75) is 24.9 Å². The van der Waals surface area contributed by atoms with Gasteiger partial charge in [0.2, 0.25) is 17.6 Å². The van der Waals surface area contributed by atoms with Crippen LogP contribution in [0.3, 0.4) is 0 Å². The quantitative estimate of drug-likeness (QED) is 0.769. The summed E-state index contributed by atoms with van der Waals surface area (Å²) in [6, 6.07) is 3.16. The van der Waals surface area contributed by atoms with Crippen LogP contribution in [0.15, 0.2) is 29.0 Å². The first kappa shape index (κ1) is 17.1. The number of amides is 1. The molecule has 0 bridgehead atoms. The molecule has 2 aliphatic rings. The zero-order valence-corrected chi connectivity index (χ0v) is 14.9. The molecule has 1 N–H and O–H groups in total. The monoisotopic (exact) mass is 377 g/mol. The molecule has 26 heavy (non-hydrogen) atoms. The van der Waals surface area contributed by atoms with Crippen molar-refractivity contribution in [3.63, 3.8) is 0 Å². The number of pyridine rings is 1. The predicted molar refractivity (Wildman–Crippen MR) is 91.8 cm³/mol. The van der Waals surface area contributed by atoms with E-state index in [1.165, 1.54) is 0 Å². The molecule has 0 radical (unpaired) electrons. The molecule has 2 aromatic rings. The van der Waals surface area contributed by atoms with Crippen LogP contribution in [0.25, 0.3) is 11.4 Å². The van der Waals surface area contributed by atoms with Crippen molar-refractivity contribution in [2.75, 3.05) is 24.6 Å². The molecule has 0 aromatic carbocycles. The third kappa shape index (κ3) is 3.47. The Bertz CT molecular complexity index is 898. The Hall–Kier alpha value is -2.33. The maximum atomic E-state index is 12.6. The molecule has 2 fully saturated rings. The number of sulfone groups is 1. The Balaban J connectivity index is 1.39. The van der Waals surface area contributed by atoms with Crippen LogP contribution in [0.2, 0.25) is 0 Å². The van der Waals surface area contributed by atoms with Gasteiger partial charge in [0.15, 0.2) is 9.84 Å². The van der Waals surface area contributed by atoms with Crippen LogP contribution >= 0.6 is 0 Å². The Kier molecular flexibility index (Phi) is 4.45. The highest BCUT2D eigenvalue weighted by Crippen LogP contribution is 2.22. The summed E-state index contributed by atoms with van der Waals surface area (Å²) in [5, 5.41) is 7.11. The van der Waals surface area contributed by atoms with Crippen molar-refractivity contribution in [1.82, 2.24) is 25.3 Å². The van der Waals surface area contributed by atoms with Crippen LogP contribution in [-0.4, -0.2) is 71.0 Å². The summed E-state index contributed by atoms with van der Waals surface area (Å²) in [5.74, 6) is 0.856. The maximum Gasteiger partial charge on any atom is 0.227 e. The van der Waals surface area contributed by atoms with Gasteiger partial charge in [-0.15, -0.1) is 0 Å². The number of fused-ring (bicyclic) bond motifs is 1. The van der Waals surface area contributed by atoms with E-state index in [2.05, 4.69) is 20.4 Å². The SMILES string of the molecule is O=C(CCc1nc(-c2cccnc2)no1)N1CCN[C@@H]2CS(=O)(=O)C[C@@H]21. The molecule has 0 unspecified atom stereocenters. The molecule has 2 aromatic heterocycles. The van der Waals surface area contributed by atoms with E-state index >= 15 is 0 Å². The Morgan fingerprint density at radius 3 is 3.08 bits per heavy atom. The fourth-order valence-corrected chi connectivity index (χ4v) is 5.46. The first-order valence-corrected chi connectivity index (χ1v) is 10.3. The lowest BCUT2D eigenvalue weighted by Gasteiger charge is -2.37. The van der Waals surface area contributed by atoms with Crippen LogP contribution in [-0.2, 0) is 21.1 Å². The molecule has 10 heteroatoms. The van der Waals surface area contributed by atoms with Crippen molar-refractivity contribution >= 4 is 15.7 Å². The first-order valence-electron chi connectivity index (χ1n) is 8.48. The van der Waals surface area contributed by atoms with E-state index in [4.69, 9.17) is 4.52 Å². The lowest BCUT2D eigenvalue weighted by molar-refractivity contribution is -0.134. The van der Waals surface area contributed by atoms with Crippen molar-refractivity contribution in [3.8, 4) is 11.4 Å². The van der Waals surface area contributed by atoms with Gasteiger partial charge in [0.1, 0.15) is 0 Å². The number of nitrogens with one attached hydrogen (secondary N) is 1. The summed E-state index contributed by atoms with van der Waals surface area (Å²) in [4.78, 5) is 22.6. The number of hydrogen-bond acceptors (Lipinski definition) is 8. The largest absolute Gasteiger partial charge is 0.339 e. The number of piperazine rings is 1. The normalized spacial score (nSPS) is 24.4. The Morgan fingerprint density at radius 2 is 2.27 bits per heavy atom. The minimum atomic E-state index is -3.09. The van der Waals surface area contributed by atoms with E-state index in [0.717, 1.165) is 5.56 Å². The summed E-state index contributed by atoms with van der Waals surface area (Å²) in [6.07, 6.45) is 3.83. The van der Waals surface area contributed by atoms with E-state index in [9.17, 15) is 13.2 Å². The molecule has 2 aliphatic heterocycles. The number of aryl methyl sites for hydroxylation is 1. The van der Waals surface area contributed by atoms with Gasteiger partial charge in [-0.25, -0.2) is 8.42 Å². The molecule has 0 aliphatic carbocycles. The first-order chi connectivity index (χ1) is 12.5. The zero-order chi connectivity index (χ0) is 18.1. The van der Waals surface area contributed by atoms with Crippen molar-refractivity contribution in [2.24, 2.45) is 0 Å². The molecule has 0 saturated carbocycles. The third-order valence-electron chi connectivity index (χ3n) is 4.74.